The number of carbonyl (C=O) groups excluding carboxylic acids is 1. The van der Waals surface area contributed by atoms with Crippen LogP contribution < -0.4 is 5.32 Å². The molecule has 0 saturated heterocycles. The van der Waals surface area contributed by atoms with Crippen molar-refractivity contribution in [1.82, 2.24) is 4.98 Å². The molecule has 1 heterocycles. The predicted molar refractivity (Wildman–Crippen MR) is 115 cm³/mol. The summed E-state index contributed by atoms with van der Waals surface area (Å²) in [5.74, 6) is -0.0840. The molecule has 4 rings (SSSR count). The number of carbonyl (C=O) groups is 1. The summed E-state index contributed by atoms with van der Waals surface area (Å²) in [4.78, 5) is 17.6. The number of rotatable bonds is 5. The second-order valence-corrected chi connectivity index (χ2v) is 6.93. The van der Waals surface area contributed by atoms with E-state index in [0.29, 0.717) is 0 Å². The lowest BCUT2D eigenvalue weighted by molar-refractivity contribution is 0.102. The Balaban J connectivity index is 1.62. The van der Waals surface area contributed by atoms with E-state index in [2.05, 4.69) is 22.4 Å². The van der Waals surface area contributed by atoms with Gasteiger partial charge in [0.2, 0.25) is 0 Å². The maximum Gasteiger partial charge on any atom is 0.256 e. The molecule has 138 valence electrons. The van der Waals surface area contributed by atoms with Crippen LogP contribution >= 0.6 is 0 Å². The first kappa shape index (κ1) is 17.9. The number of fused-ring (bicyclic) bond motifs is 1. The van der Waals surface area contributed by atoms with Gasteiger partial charge in [0, 0.05) is 17.1 Å². The number of anilines is 1. The quantitative estimate of drug-likeness (QED) is 0.501. The third kappa shape index (κ3) is 3.79. The van der Waals surface area contributed by atoms with Crippen molar-refractivity contribution in [1.29, 1.82) is 0 Å². The molecular weight excluding hydrogens is 344 g/mol. The molecule has 0 aliphatic carbocycles. The summed E-state index contributed by atoms with van der Waals surface area (Å²) >= 11 is 0. The van der Waals surface area contributed by atoms with E-state index in [4.69, 9.17) is 0 Å². The zero-order chi connectivity index (χ0) is 19.3. The van der Waals surface area contributed by atoms with Gasteiger partial charge in [0.05, 0.1) is 11.2 Å². The lowest BCUT2D eigenvalue weighted by Crippen LogP contribution is -2.16. The van der Waals surface area contributed by atoms with Crippen molar-refractivity contribution in [3.63, 3.8) is 0 Å². The van der Waals surface area contributed by atoms with Crippen molar-refractivity contribution in [2.75, 3.05) is 5.32 Å². The molecule has 3 heteroatoms. The molecule has 28 heavy (non-hydrogen) atoms. The van der Waals surface area contributed by atoms with Gasteiger partial charge in [-0.1, -0.05) is 66.7 Å². The van der Waals surface area contributed by atoms with Crippen LogP contribution in [-0.2, 0) is 12.8 Å². The molecule has 3 aromatic carbocycles. The minimum atomic E-state index is -0.0840. The van der Waals surface area contributed by atoms with E-state index in [-0.39, 0.29) is 5.91 Å². The highest BCUT2D eigenvalue weighted by molar-refractivity contribution is 6.09. The summed E-state index contributed by atoms with van der Waals surface area (Å²) in [6.07, 6.45) is 3.47. The van der Waals surface area contributed by atoms with Crippen LogP contribution in [0.15, 0.2) is 85.1 Å². The summed E-state index contributed by atoms with van der Waals surface area (Å²) in [6.45, 7) is 1.99. The Bertz CT molecular complexity index is 1110. The van der Waals surface area contributed by atoms with Gasteiger partial charge in [-0.15, -0.1) is 0 Å². The molecule has 0 aliphatic heterocycles. The van der Waals surface area contributed by atoms with Crippen molar-refractivity contribution < 1.29 is 4.79 Å². The molecule has 1 amide bonds. The van der Waals surface area contributed by atoms with Crippen molar-refractivity contribution in [3.8, 4) is 0 Å². The number of hydrogen-bond acceptors (Lipinski definition) is 2. The van der Waals surface area contributed by atoms with Crippen LogP contribution in [0.3, 0.4) is 0 Å². The summed E-state index contributed by atoms with van der Waals surface area (Å²) in [5, 5.41) is 4.09. The largest absolute Gasteiger partial charge is 0.320 e. The monoisotopic (exact) mass is 366 g/mol. The Kier molecular flexibility index (Phi) is 5.16. The highest BCUT2D eigenvalue weighted by Gasteiger charge is 2.15. The number of para-hydroxylation sites is 1. The number of nitrogens with zero attached hydrogens (tertiary/aromatic N) is 1. The van der Waals surface area contributed by atoms with Crippen LogP contribution in [-0.4, -0.2) is 10.9 Å². The first-order valence-electron chi connectivity index (χ1n) is 9.50. The Morgan fingerprint density at radius 1 is 0.857 bits per heavy atom. The van der Waals surface area contributed by atoms with Crippen molar-refractivity contribution in [3.05, 3.63) is 107 Å². The molecule has 0 aliphatic rings. The number of nitrogens with one attached hydrogen (secondary N) is 1. The van der Waals surface area contributed by atoms with E-state index in [1.54, 1.807) is 6.20 Å². The zero-order valence-corrected chi connectivity index (χ0v) is 15.9. The molecule has 0 radical (unpaired) electrons. The molecule has 0 spiro atoms. The number of amides is 1. The van der Waals surface area contributed by atoms with Gasteiger partial charge in [-0.05, 0) is 48.6 Å². The summed E-state index contributed by atoms with van der Waals surface area (Å²) in [7, 11) is 0. The predicted octanol–water partition coefficient (Wildman–Crippen LogP) is 5.58. The molecule has 0 saturated carbocycles. The van der Waals surface area contributed by atoms with E-state index in [9.17, 15) is 4.79 Å². The van der Waals surface area contributed by atoms with Gasteiger partial charge in [0.15, 0.2) is 0 Å². The molecule has 1 aromatic heterocycles. The van der Waals surface area contributed by atoms with E-state index >= 15 is 0 Å². The normalized spacial score (nSPS) is 10.8. The zero-order valence-electron chi connectivity index (χ0n) is 15.9. The minimum absolute atomic E-state index is 0.0840. The number of aryl methyl sites for hydroxylation is 3. The van der Waals surface area contributed by atoms with Crippen molar-refractivity contribution >= 4 is 22.5 Å². The SMILES string of the molecule is Cc1cccc(CCc2ccccc2)c1C(=O)Nc1cccc2cccnc12. The average molecular weight is 366 g/mol. The molecule has 1 N–H and O–H groups in total. The van der Waals surface area contributed by atoms with Crippen molar-refractivity contribution in [2.45, 2.75) is 19.8 Å². The van der Waals surface area contributed by atoms with Crippen LogP contribution in [0.25, 0.3) is 10.9 Å². The van der Waals surface area contributed by atoms with E-state index < -0.39 is 0 Å². The highest BCUT2D eigenvalue weighted by Crippen LogP contribution is 2.23. The number of pyridine rings is 1. The van der Waals surface area contributed by atoms with Gasteiger partial charge >= 0.3 is 0 Å². The van der Waals surface area contributed by atoms with Gasteiger partial charge in [0.25, 0.3) is 5.91 Å². The van der Waals surface area contributed by atoms with Crippen LogP contribution in [0.1, 0.15) is 27.0 Å². The first-order valence-corrected chi connectivity index (χ1v) is 9.50. The molecule has 0 fully saturated rings. The Morgan fingerprint density at radius 2 is 1.64 bits per heavy atom. The van der Waals surface area contributed by atoms with Gasteiger partial charge in [0.1, 0.15) is 0 Å². The summed E-state index contributed by atoms with van der Waals surface area (Å²) < 4.78 is 0. The lowest BCUT2D eigenvalue weighted by Gasteiger charge is -2.14. The van der Waals surface area contributed by atoms with Crippen LogP contribution in [0, 0.1) is 6.92 Å². The third-order valence-electron chi connectivity index (χ3n) is 4.99. The lowest BCUT2D eigenvalue weighted by atomic mass is 9.96. The standard InChI is InChI=1S/C25H22N2O/c1-18-8-5-11-20(16-15-19-9-3-2-4-10-19)23(18)25(28)27-22-14-6-12-21-13-7-17-26-24(21)22/h2-14,17H,15-16H2,1H3,(H,27,28). The van der Waals surface area contributed by atoms with Crippen molar-refractivity contribution in [2.24, 2.45) is 0 Å². The molecular formula is C25H22N2O. The van der Waals surface area contributed by atoms with Crippen LogP contribution in [0.5, 0.6) is 0 Å². The van der Waals surface area contributed by atoms with Gasteiger partial charge in [-0.25, -0.2) is 0 Å². The van der Waals surface area contributed by atoms with Gasteiger partial charge < -0.3 is 5.32 Å². The molecule has 3 nitrogen and oxygen atoms in total. The summed E-state index contributed by atoms with van der Waals surface area (Å²) in [5.41, 5.74) is 5.61. The van der Waals surface area contributed by atoms with Gasteiger partial charge in [-0.3, -0.25) is 9.78 Å². The minimum Gasteiger partial charge on any atom is -0.320 e. The van der Waals surface area contributed by atoms with Gasteiger partial charge in [-0.2, -0.15) is 0 Å². The third-order valence-corrected chi connectivity index (χ3v) is 4.99. The second-order valence-electron chi connectivity index (χ2n) is 6.93. The van der Waals surface area contributed by atoms with E-state index in [1.807, 2.05) is 73.7 Å². The number of hydrogen-bond donors (Lipinski definition) is 1. The fraction of sp³-hybridized carbons (Fsp3) is 0.120. The molecule has 0 unspecified atom stereocenters. The maximum absolute atomic E-state index is 13.2. The fourth-order valence-electron chi connectivity index (χ4n) is 3.58. The smallest absolute Gasteiger partial charge is 0.256 e. The van der Waals surface area contributed by atoms with Crippen LogP contribution in [0.4, 0.5) is 5.69 Å². The highest BCUT2D eigenvalue weighted by atomic mass is 16.1. The fourth-order valence-corrected chi connectivity index (χ4v) is 3.58. The molecule has 4 aromatic rings. The van der Waals surface area contributed by atoms with Crippen LogP contribution in [0.2, 0.25) is 0 Å². The van der Waals surface area contributed by atoms with E-state index in [1.165, 1.54) is 5.56 Å². The van der Waals surface area contributed by atoms with E-state index in [0.717, 1.165) is 46.1 Å². The Hall–Kier alpha value is -3.46. The average Bonchev–Trinajstić information content (AvgIpc) is 2.73. The Labute approximate surface area is 165 Å². The number of aromatic nitrogens is 1. The second kappa shape index (κ2) is 8.05. The molecule has 0 bridgehead atoms. The maximum atomic E-state index is 13.2. The topological polar surface area (TPSA) is 42.0 Å². The molecule has 0 atom stereocenters. The first-order chi connectivity index (χ1) is 13.7. The number of benzene rings is 3. The Morgan fingerprint density at radius 3 is 2.50 bits per heavy atom. The summed E-state index contributed by atoms with van der Waals surface area (Å²) in [6, 6.07) is 26.1.